The lowest BCUT2D eigenvalue weighted by molar-refractivity contribution is 0.0954. The number of nitrogens with zero attached hydrogens (tertiary/aromatic N) is 3. The quantitative estimate of drug-likeness (QED) is 0.540. The van der Waals surface area contributed by atoms with Crippen molar-refractivity contribution in [1.29, 1.82) is 0 Å². The summed E-state index contributed by atoms with van der Waals surface area (Å²) in [5.74, 6) is 0.606. The number of para-hydroxylation sites is 1. The minimum atomic E-state index is -0.288. The molecule has 4 aromatic rings. The van der Waals surface area contributed by atoms with Gasteiger partial charge < -0.3 is 10.3 Å². The molecule has 0 saturated heterocycles. The van der Waals surface area contributed by atoms with Gasteiger partial charge in [0.05, 0.1) is 5.56 Å². The molecule has 0 atom stereocenters. The third kappa shape index (κ3) is 3.06. The fourth-order valence-electron chi connectivity index (χ4n) is 3.00. The molecule has 0 radical (unpaired) electrons. The highest BCUT2D eigenvalue weighted by Crippen LogP contribution is 2.14. The second kappa shape index (κ2) is 6.79. The summed E-state index contributed by atoms with van der Waals surface area (Å²) >= 11 is 0. The fourth-order valence-corrected chi connectivity index (χ4v) is 3.00. The van der Waals surface area contributed by atoms with E-state index in [0.29, 0.717) is 24.0 Å². The van der Waals surface area contributed by atoms with E-state index in [0.717, 1.165) is 23.3 Å². The number of hydrogen-bond donors (Lipinski definition) is 2. The molecule has 2 N–H and O–H groups in total. The Labute approximate surface area is 148 Å². The minimum absolute atomic E-state index is 0.251. The standard InChI is InChI=1S/C19H17N5O2/c25-18-12-14(13-6-1-2-7-15(13)21-18)19(26)20-10-5-9-17-23-22-16-8-3-4-11-24(16)17/h1-4,6-8,11-12H,5,9-10H2,(H,20,26)(H,21,25). The van der Waals surface area contributed by atoms with Crippen LogP contribution in [0.15, 0.2) is 59.5 Å². The molecule has 3 heterocycles. The first-order valence-electron chi connectivity index (χ1n) is 8.41. The van der Waals surface area contributed by atoms with Crippen LogP contribution in [0.4, 0.5) is 0 Å². The fraction of sp³-hybridized carbons (Fsp3) is 0.158. The van der Waals surface area contributed by atoms with Crippen molar-refractivity contribution in [3.05, 3.63) is 76.5 Å². The summed E-state index contributed by atoms with van der Waals surface area (Å²) in [7, 11) is 0. The van der Waals surface area contributed by atoms with Crippen LogP contribution in [-0.4, -0.2) is 32.0 Å². The maximum absolute atomic E-state index is 12.5. The number of pyridine rings is 2. The zero-order valence-corrected chi connectivity index (χ0v) is 14.0. The summed E-state index contributed by atoms with van der Waals surface area (Å²) < 4.78 is 1.94. The molecule has 4 rings (SSSR count). The van der Waals surface area contributed by atoms with E-state index >= 15 is 0 Å². The summed E-state index contributed by atoms with van der Waals surface area (Å²) in [6.07, 6.45) is 3.34. The molecule has 0 bridgehead atoms. The number of benzene rings is 1. The lowest BCUT2D eigenvalue weighted by atomic mass is 10.1. The summed E-state index contributed by atoms with van der Waals surface area (Å²) in [4.78, 5) is 27.0. The molecule has 0 unspecified atom stereocenters. The number of carbonyl (C=O) groups is 1. The Morgan fingerprint density at radius 3 is 2.88 bits per heavy atom. The Bertz CT molecular complexity index is 1150. The van der Waals surface area contributed by atoms with E-state index in [1.54, 1.807) is 6.07 Å². The van der Waals surface area contributed by atoms with Crippen LogP contribution in [-0.2, 0) is 6.42 Å². The summed E-state index contributed by atoms with van der Waals surface area (Å²) in [6, 6.07) is 14.3. The minimum Gasteiger partial charge on any atom is -0.352 e. The largest absolute Gasteiger partial charge is 0.352 e. The SMILES string of the molecule is O=C(NCCCc1nnc2ccccn12)c1cc(=O)[nH]c2ccccc12. The number of aromatic amines is 1. The Kier molecular flexibility index (Phi) is 4.18. The van der Waals surface area contributed by atoms with Gasteiger partial charge in [-0.1, -0.05) is 24.3 Å². The predicted molar refractivity (Wildman–Crippen MR) is 98.2 cm³/mol. The van der Waals surface area contributed by atoms with Gasteiger partial charge in [0.15, 0.2) is 5.65 Å². The van der Waals surface area contributed by atoms with E-state index in [1.165, 1.54) is 6.07 Å². The third-order valence-electron chi connectivity index (χ3n) is 4.24. The number of aromatic nitrogens is 4. The molecule has 0 aliphatic carbocycles. The van der Waals surface area contributed by atoms with Crippen LogP contribution in [0.25, 0.3) is 16.6 Å². The second-order valence-electron chi connectivity index (χ2n) is 6.00. The van der Waals surface area contributed by atoms with Gasteiger partial charge in [0.25, 0.3) is 5.91 Å². The molecule has 0 saturated carbocycles. The van der Waals surface area contributed by atoms with Crippen LogP contribution < -0.4 is 10.9 Å². The first kappa shape index (κ1) is 16.0. The molecule has 1 aromatic carbocycles. The molecule has 0 spiro atoms. The van der Waals surface area contributed by atoms with Gasteiger partial charge in [0.2, 0.25) is 5.56 Å². The lowest BCUT2D eigenvalue weighted by Crippen LogP contribution is -2.26. The number of hydrogen-bond acceptors (Lipinski definition) is 4. The Morgan fingerprint density at radius 1 is 1.12 bits per heavy atom. The number of H-pyrrole nitrogens is 1. The monoisotopic (exact) mass is 347 g/mol. The molecule has 1 amide bonds. The van der Waals surface area contributed by atoms with Gasteiger partial charge in [-0.15, -0.1) is 10.2 Å². The van der Waals surface area contributed by atoms with Gasteiger partial charge >= 0.3 is 0 Å². The van der Waals surface area contributed by atoms with Crippen LogP contribution in [0.3, 0.4) is 0 Å². The maximum atomic E-state index is 12.5. The second-order valence-corrected chi connectivity index (χ2v) is 6.00. The number of amides is 1. The van der Waals surface area contributed by atoms with E-state index in [9.17, 15) is 9.59 Å². The summed E-state index contributed by atoms with van der Waals surface area (Å²) in [6.45, 7) is 0.488. The highest BCUT2D eigenvalue weighted by atomic mass is 16.2. The van der Waals surface area contributed by atoms with Crippen molar-refractivity contribution in [2.75, 3.05) is 6.54 Å². The number of fused-ring (bicyclic) bond motifs is 2. The first-order chi connectivity index (χ1) is 12.7. The molecule has 0 aliphatic rings. The third-order valence-corrected chi connectivity index (χ3v) is 4.24. The normalized spacial score (nSPS) is 11.1. The van der Waals surface area contributed by atoms with E-state index < -0.39 is 0 Å². The zero-order chi connectivity index (χ0) is 17.9. The van der Waals surface area contributed by atoms with Crippen molar-refractivity contribution in [1.82, 2.24) is 24.9 Å². The van der Waals surface area contributed by atoms with Crippen molar-refractivity contribution in [2.45, 2.75) is 12.8 Å². The van der Waals surface area contributed by atoms with E-state index in [-0.39, 0.29) is 11.5 Å². The van der Waals surface area contributed by atoms with Crippen molar-refractivity contribution in [2.24, 2.45) is 0 Å². The summed E-state index contributed by atoms with van der Waals surface area (Å²) in [5.41, 5.74) is 1.56. The Hall–Kier alpha value is -3.48. The molecule has 7 heteroatoms. The summed E-state index contributed by atoms with van der Waals surface area (Å²) in [5, 5.41) is 11.9. The molecule has 0 aliphatic heterocycles. The van der Waals surface area contributed by atoms with Crippen LogP contribution >= 0.6 is 0 Å². The number of nitrogens with one attached hydrogen (secondary N) is 2. The van der Waals surface area contributed by atoms with Crippen LogP contribution in [0.5, 0.6) is 0 Å². The van der Waals surface area contributed by atoms with E-state index in [4.69, 9.17) is 0 Å². The van der Waals surface area contributed by atoms with Crippen LogP contribution in [0.2, 0.25) is 0 Å². The highest BCUT2D eigenvalue weighted by Gasteiger charge is 2.11. The van der Waals surface area contributed by atoms with E-state index in [2.05, 4.69) is 20.5 Å². The molecular weight excluding hydrogens is 330 g/mol. The van der Waals surface area contributed by atoms with Crippen LogP contribution in [0.1, 0.15) is 22.6 Å². The highest BCUT2D eigenvalue weighted by molar-refractivity contribution is 6.05. The van der Waals surface area contributed by atoms with Gasteiger partial charge in [0, 0.05) is 36.1 Å². The van der Waals surface area contributed by atoms with Gasteiger partial charge in [0.1, 0.15) is 5.82 Å². The number of aryl methyl sites for hydroxylation is 1. The molecular formula is C19H17N5O2. The Morgan fingerprint density at radius 2 is 1.96 bits per heavy atom. The van der Waals surface area contributed by atoms with Crippen molar-refractivity contribution < 1.29 is 4.79 Å². The average molecular weight is 347 g/mol. The van der Waals surface area contributed by atoms with Gasteiger partial charge in [-0.2, -0.15) is 0 Å². The average Bonchev–Trinajstić information content (AvgIpc) is 3.07. The topological polar surface area (TPSA) is 92.2 Å². The number of rotatable bonds is 5. The van der Waals surface area contributed by atoms with Crippen molar-refractivity contribution in [3.8, 4) is 0 Å². The maximum Gasteiger partial charge on any atom is 0.252 e. The van der Waals surface area contributed by atoms with Gasteiger partial charge in [-0.25, -0.2) is 0 Å². The smallest absolute Gasteiger partial charge is 0.252 e. The molecule has 7 nitrogen and oxygen atoms in total. The van der Waals surface area contributed by atoms with Gasteiger partial charge in [-0.3, -0.25) is 14.0 Å². The molecule has 0 fully saturated rings. The van der Waals surface area contributed by atoms with Crippen molar-refractivity contribution >= 4 is 22.5 Å². The Balaban J connectivity index is 1.42. The lowest BCUT2D eigenvalue weighted by Gasteiger charge is -2.07. The molecule has 26 heavy (non-hydrogen) atoms. The van der Waals surface area contributed by atoms with Crippen LogP contribution in [0, 0.1) is 0 Å². The van der Waals surface area contributed by atoms with Gasteiger partial charge in [-0.05, 0) is 24.6 Å². The molecule has 3 aromatic heterocycles. The van der Waals surface area contributed by atoms with E-state index in [1.807, 2.05) is 47.0 Å². The number of carbonyl (C=O) groups excluding carboxylic acids is 1. The van der Waals surface area contributed by atoms with Crippen molar-refractivity contribution in [3.63, 3.8) is 0 Å². The predicted octanol–water partition coefficient (Wildman–Crippen LogP) is 1.93. The zero-order valence-electron chi connectivity index (χ0n) is 14.0. The molecule has 130 valence electrons. The first-order valence-corrected chi connectivity index (χ1v) is 8.41.